The summed E-state index contributed by atoms with van der Waals surface area (Å²) in [6.45, 7) is 2.13. The second kappa shape index (κ2) is 10.3. The highest BCUT2D eigenvalue weighted by Crippen LogP contribution is 2.24. The molecule has 0 N–H and O–H groups in total. The van der Waals surface area contributed by atoms with Crippen LogP contribution in [0.5, 0.6) is 5.75 Å². The van der Waals surface area contributed by atoms with Crippen molar-refractivity contribution in [3.63, 3.8) is 0 Å². The lowest BCUT2D eigenvalue weighted by Gasteiger charge is -2.11. The smallest absolute Gasteiger partial charge is 0.601 e. The third-order valence-electron chi connectivity index (χ3n) is 4.00. The van der Waals surface area contributed by atoms with Crippen LogP contribution in [0.1, 0.15) is 28.4 Å². The van der Waals surface area contributed by atoms with E-state index >= 15 is 0 Å². The number of carbonyl (C=O) groups is 2. The van der Waals surface area contributed by atoms with E-state index in [0.29, 0.717) is 5.56 Å². The van der Waals surface area contributed by atoms with Crippen molar-refractivity contribution >= 4 is 11.9 Å². The summed E-state index contributed by atoms with van der Waals surface area (Å²) in [5.41, 5.74) is 1.53. The van der Waals surface area contributed by atoms with Crippen LogP contribution in [0.2, 0.25) is 0 Å². The second-order valence-electron chi connectivity index (χ2n) is 5.94. The zero-order valence-electron chi connectivity index (χ0n) is 15.7. The number of aromatic nitrogens is 1. The van der Waals surface area contributed by atoms with E-state index in [4.69, 9.17) is 9.47 Å². The number of hydrogen-bond acceptors (Lipinski definition) is 4. The van der Waals surface area contributed by atoms with E-state index < -0.39 is 11.9 Å². The molecule has 3 aromatic rings. The first-order valence-electron chi connectivity index (χ1n) is 8.78. The van der Waals surface area contributed by atoms with Crippen LogP contribution >= 0.6 is 0 Å². The normalized spacial score (nSPS) is 10.0. The van der Waals surface area contributed by atoms with E-state index in [-0.39, 0.29) is 42.7 Å². The molecule has 1 aromatic heterocycles. The van der Waals surface area contributed by atoms with Gasteiger partial charge in [-0.05, 0) is 19.1 Å². The van der Waals surface area contributed by atoms with Crippen LogP contribution in [0.25, 0.3) is 0 Å². The number of nitrogens with zero attached hydrogens (tertiary/aromatic N) is 1. The molecular formula is C22H19ClFNO4. The highest BCUT2D eigenvalue weighted by atomic mass is 35.5. The Morgan fingerprint density at radius 2 is 1.69 bits per heavy atom. The van der Waals surface area contributed by atoms with Gasteiger partial charge < -0.3 is 21.9 Å². The zero-order chi connectivity index (χ0) is 19.9. The van der Waals surface area contributed by atoms with Gasteiger partial charge in [-0.15, -0.1) is 0 Å². The number of benzene rings is 2. The number of ketones is 1. The Labute approximate surface area is 174 Å². The van der Waals surface area contributed by atoms with Gasteiger partial charge in [-0.3, -0.25) is 4.79 Å². The van der Waals surface area contributed by atoms with Gasteiger partial charge in [0, 0.05) is 29.3 Å². The molecule has 0 amide bonds. The molecule has 3 rings (SSSR count). The van der Waals surface area contributed by atoms with Gasteiger partial charge in [-0.2, -0.15) is 4.79 Å². The van der Waals surface area contributed by atoms with Crippen molar-refractivity contribution in [2.45, 2.75) is 13.5 Å². The number of rotatable bonds is 6. The summed E-state index contributed by atoms with van der Waals surface area (Å²) >= 11 is 0. The average Bonchev–Trinajstić information content (AvgIpc) is 2.73. The Kier molecular flexibility index (Phi) is 7.86. The van der Waals surface area contributed by atoms with Gasteiger partial charge in [-0.1, -0.05) is 34.9 Å². The molecule has 0 spiro atoms. The first-order valence-corrected chi connectivity index (χ1v) is 8.78. The van der Waals surface area contributed by atoms with E-state index in [9.17, 15) is 14.0 Å². The Bertz CT molecular complexity index is 978. The lowest BCUT2D eigenvalue weighted by Crippen LogP contribution is -3.00. The largest absolute Gasteiger partial charge is 1.00 e. The molecule has 0 aliphatic rings. The minimum Gasteiger partial charge on any atom is -1.00 e. The standard InChI is InChI=1S/C22H19FNO4.ClH/c1-2-27-22(26)24-12-10-16(11-13-24)15-28-20-14-18(23)8-9-19(20)21(25)17-6-4-3-5-7-17;/h3-14H,2,15H2,1H3;1H/q+1;/p-1. The van der Waals surface area contributed by atoms with E-state index in [1.54, 1.807) is 55.7 Å². The summed E-state index contributed by atoms with van der Waals surface area (Å²) in [5, 5.41) is 0. The maximum absolute atomic E-state index is 13.7. The highest BCUT2D eigenvalue weighted by molar-refractivity contribution is 6.10. The highest BCUT2D eigenvalue weighted by Gasteiger charge is 2.17. The minimum atomic E-state index is -0.493. The predicted molar refractivity (Wildman–Crippen MR) is 99.7 cm³/mol. The van der Waals surface area contributed by atoms with Crippen molar-refractivity contribution in [3.8, 4) is 5.75 Å². The van der Waals surface area contributed by atoms with E-state index in [1.165, 1.54) is 22.8 Å². The summed E-state index contributed by atoms with van der Waals surface area (Å²) in [5.74, 6) is -0.576. The fourth-order valence-corrected chi connectivity index (χ4v) is 2.58. The monoisotopic (exact) mass is 415 g/mol. The van der Waals surface area contributed by atoms with Gasteiger partial charge >= 0.3 is 6.09 Å². The zero-order valence-corrected chi connectivity index (χ0v) is 16.4. The number of halogens is 2. The van der Waals surface area contributed by atoms with Crippen molar-refractivity contribution in [1.82, 2.24) is 0 Å². The topological polar surface area (TPSA) is 56.5 Å². The predicted octanol–water partition coefficient (Wildman–Crippen LogP) is 0.932. The van der Waals surface area contributed by atoms with Crippen LogP contribution in [0.4, 0.5) is 9.18 Å². The van der Waals surface area contributed by atoms with Crippen LogP contribution in [0.3, 0.4) is 0 Å². The number of hydrogen-bond donors (Lipinski definition) is 0. The third kappa shape index (κ3) is 5.62. The van der Waals surface area contributed by atoms with Gasteiger partial charge in [0.1, 0.15) is 18.2 Å². The lowest BCUT2D eigenvalue weighted by atomic mass is 10.0. The molecule has 150 valence electrons. The van der Waals surface area contributed by atoms with Crippen LogP contribution in [-0.4, -0.2) is 18.5 Å². The molecule has 7 heteroatoms. The molecule has 5 nitrogen and oxygen atoms in total. The van der Waals surface area contributed by atoms with Gasteiger partial charge in [0.15, 0.2) is 18.2 Å². The fraction of sp³-hybridized carbons (Fsp3) is 0.136. The average molecular weight is 416 g/mol. The first-order chi connectivity index (χ1) is 13.6. The maximum Gasteiger partial charge on any atom is 0.601 e. The molecule has 0 aliphatic heterocycles. The van der Waals surface area contributed by atoms with Crippen LogP contribution in [0, 0.1) is 5.82 Å². The molecule has 0 radical (unpaired) electrons. The Balaban J connectivity index is 0.00000300. The van der Waals surface area contributed by atoms with Crippen molar-refractivity contribution in [1.29, 1.82) is 0 Å². The molecule has 1 heterocycles. The van der Waals surface area contributed by atoms with E-state index in [2.05, 4.69) is 0 Å². The molecule has 0 unspecified atom stereocenters. The molecule has 0 saturated heterocycles. The minimum absolute atomic E-state index is 0. The second-order valence-corrected chi connectivity index (χ2v) is 5.94. The summed E-state index contributed by atoms with van der Waals surface area (Å²) in [4.78, 5) is 24.4. The van der Waals surface area contributed by atoms with Gasteiger partial charge in [0.05, 0.1) is 12.2 Å². The molecule has 0 aliphatic carbocycles. The van der Waals surface area contributed by atoms with Crippen molar-refractivity contribution in [2.75, 3.05) is 6.61 Å². The van der Waals surface area contributed by atoms with E-state index in [1.807, 2.05) is 6.07 Å². The maximum atomic E-state index is 13.7. The Hall–Kier alpha value is -3.25. The molecule has 2 aromatic carbocycles. The molecule has 0 bridgehead atoms. The van der Waals surface area contributed by atoms with Gasteiger partial charge in [0.2, 0.25) is 0 Å². The fourth-order valence-electron chi connectivity index (χ4n) is 2.58. The third-order valence-corrected chi connectivity index (χ3v) is 4.00. The molecule has 0 atom stereocenters. The Morgan fingerprint density at radius 1 is 1.00 bits per heavy atom. The SMILES string of the molecule is CCOC(=O)[n+]1ccc(COc2cc(F)ccc2C(=O)c2ccccc2)cc1.[Cl-]. The van der Waals surface area contributed by atoms with Crippen molar-refractivity contribution < 1.29 is 40.4 Å². The summed E-state index contributed by atoms with van der Waals surface area (Å²) in [7, 11) is 0. The first kappa shape index (κ1) is 22.0. The summed E-state index contributed by atoms with van der Waals surface area (Å²) in [6, 6.07) is 16.0. The van der Waals surface area contributed by atoms with Gasteiger partial charge in [0.25, 0.3) is 0 Å². The number of ether oxygens (including phenoxy) is 2. The van der Waals surface area contributed by atoms with Crippen molar-refractivity contribution in [3.05, 3.63) is 95.6 Å². The van der Waals surface area contributed by atoms with Crippen LogP contribution in [0.15, 0.2) is 73.1 Å². The molecule has 29 heavy (non-hydrogen) atoms. The van der Waals surface area contributed by atoms with Gasteiger partial charge in [-0.25, -0.2) is 4.39 Å². The van der Waals surface area contributed by atoms with Crippen molar-refractivity contribution in [2.24, 2.45) is 0 Å². The lowest BCUT2D eigenvalue weighted by molar-refractivity contribution is -0.586. The summed E-state index contributed by atoms with van der Waals surface area (Å²) < 4.78 is 25.6. The quantitative estimate of drug-likeness (QED) is 0.444. The number of carbonyl (C=O) groups excluding carboxylic acids is 2. The summed E-state index contributed by atoms with van der Waals surface area (Å²) in [6.07, 6.45) is 2.63. The number of pyridine rings is 1. The molecule has 0 saturated carbocycles. The Morgan fingerprint density at radius 3 is 2.34 bits per heavy atom. The van der Waals surface area contributed by atoms with E-state index in [0.717, 1.165) is 5.56 Å². The molecule has 0 fully saturated rings. The molecular weight excluding hydrogens is 397 g/mol. The van der Waals surface area contributed by atoms with Crippen LogP contribution in [-0.2, 0) is 11.3 Å². The van der Waals surface area contributed by atoms with Crippen LogP contribution < -0.4 is 21.7 Å².